The van der Waals surface area contributed by atoms with E-state index in [1.54, 1.807) is 12.3 Å². The van der Waals surface area contributed by atoms with E-state index in [1.165, 1.54) is 0 Å². The summed E-state index contributed by atoms with van der Waals surface area (Å²) in [6.45, 7) is 2.27. The van der Waals surface area contributed by atoms with Crippen molar-refractivity contribution in [2.45, 2.75) is 12.1 Å². The number of anilines is 1. The Hall–Kier alpha value is -2.43. The second-order valence-corrected chi connectivity index (χ2v) is 5.64. The second-order valence-electron chi connectivity index (χ2n) is 5.64. The zero-order chi connectivity index (χ0) is 16.2. The molecule has 1 N–H and O–H groups in total. The van der Waals surface area contributed by atoms with Crippen LogP contribution >= 0.6 is 0 Å². The average Bonchev–Trinajstić information content (AvgIpc) is 2.99. The van der Waals surface area contributed by atoms with E-state index in [4.69, 9.17) is 10.00 Å². The first-order valence-corrected chi connectivity index (χ1v) is 7.59. The van der Waals surface area contributed by atoms with Gasteiger partial charge in [0.15, 0.2) is 0 Å². The van der Waals surface area contributed by atoms with Crippen LogP contribution in [0, 0.1) is 11.3 Å². The molecule has 1 fully saturated rings. The summed E-state index contributed by atoms with van der Waals surface area (Å²) < 4.78 is 7.88. The Bertz CT molecular complexity index is 689. The third kappa shape index (κ3) is 3.33. The Labute approximate surface area is 135 Å². The van der Waals surface area contributed by atoms with Crippen LogP contribution in [-0.4, -0.2) is 52.5 Å². The first kappa shape index (κ1) is 15.5. The number of ether oxygens (including phenoxy) is 1. The van der Waals surface area contributed by atoms with Gasteiger partial charge in [0.1, 0.15) is 11.8 Å². The van der Waals surface area contributed by atoms with Crippen LogP contribution in [0.4, 0.5) is 5.69 Å². The smallest absolute Gasteiger partial charge is 0.140 e. The maximum atomic E-state index is 8.79. The summed E-state index contributed by atoms with van der Waals surface area (Å²) in [5.74, 6) is 0. The molecule has 7 nitrogen and oxygen atoms in total. The number of nitriles is 1. The third-order valence-electron chi connectivity index (χ3n) is 4.15. The van der Waals surface area contributed by atoms with Crippen molar-refractivity contribution >= 4 is 5.69 Å². The van der Waals surface area contributed by atoms with Crippen molar-refractivity contribution < 1.29 is 4.74 Å². The van der Waals surface area contributed by atoms with Crippen molar-refractivity contribution in [3.05, 3.63) is 42.0 Å². The molecule has 0 spiro atoms. The summed E-state index contributed by atoms with van der Waals surface area (Å²) in [6.07, 6.45) is 3.50. The van der Waals surface area contributed by atoms with E-state index in [-0.39, 0.29) is 12.1 Å². The maximum absolute atomic E-state index is 8.79. The molecule has 3 heterocycles. The van der Waals surface area contributed by atoms with Gasteiger partial charge in [0.05, 0.1) is 36.3 Å². The minimum Gasteiger partial charge on any atom is -0.381 e. The van der Waals surface area contributed by atoms with Crippen molar-refractivity contribution in [1.29, 1.82) is 5.26 Å². The number of morpholine rings is 1. The van der Waals surface area contributed by atoms with Crippen LogP contribution in [0.25, 0.3) is 0 Å². The Morgan fingerprint density at radius 3 is 2.91 bits per heavy atom. The van der Waals surface area contributed by atoms with E-state index in [2.05, 4.69) is 27.3 Å². The van der Waals surface area contributed by atoms with Crippen LogP contribution in [0.3, 0.4) is 0 Å². The van der Waals surface area contributed by atoms with Crippen LogP contribution in [0.2, 0.25) is 0 Å². The zero-order valence-corrected chi connectivity index (χ0v) is 13.3. The zero-order valence-electron chi connectivity index (χ0n) is 13.3. The lowest BCUT2D eigenvalue weighted by Crippen LogP contribution is -2.46. The summed E-state index contributed by atoms with van der Waals surface area (Å²) in [7, 11) is 4.06. The molecule has 0 saturated carbocycles. The standard InChI is InChI=1S/C16H20N6O/c1-21-7-8-23-15(16(21)14-5-6-20-22(14)2)11-19-13-4-3-12(9-17)18-10-13/h3-6,10,15-16,19H,7-8,11H2,1-2H3/t15-,16-/m0/s1. The van der Waals surface area contributed by atoms with Gasteiger partial charge in [0.2, 0.25) is 0 Å². The fourth-order valence-corrected chi connectivity index (χ4v) is 2.91. The van der Waals surface area contributed by atoms with Gasteiger partial charge in [-0.1, -0.05) is 0 Å². The van der Waals surface area contributed by atoms with Crippen molar-refractivity contribution in [2.24, 2.45) is 7.05 Å². The number of aryl methyl sites for hydroxylation is 1. The number of hydrogen-bond acceptors (Lipinski definition) is 6. The van der Waals surface area contributed by atoms with Gasteiger partial charge in [0.25, 0.3) is 0 Å². The minimum absolute atomic E-state index is 0.0137. The molecule has 1 aliphatic rings. The quantitative estimate of drug-likeness (QED) is 0.913. The molecule has 0 amide bonds. The normalized spacial score (nSPS) is 21.8. The van der Waals surface area contributed by atoms with Gasteiger partial charge in [-0.2, -0.15) is 10.4 Å². The topological polar surface area (TPSA) is 79.0 Å². The van der Waals surface area contributed by atoms with Crippen molar-refractivity contribution in [3.8, 4) is 6.07 Å². The van der Waals surface area contributed by atoms with Crippen molar-refractivity contribution in [2.75, 3.05) is 32.1 Å². The molecule has 23 heavy (non-hydrogen) atoms. The highest BCUT2D eigenvalue weighted by atomic mass is 16.5. The van der Waals surface area contributed by atoms with Crippen LogP contribution in [0.1, 0.15) is 17.4 Å². The highest BCUT2D eigenvalue weighted by Gasteiger charge is 2.33. The van der Waals surface area contributed by atoms with E-state index in [0.29, 0.717) is 18.8 Å². The minimum atomic E-state index is 0.0137. The molecular weight excluding hydrogens is 292 g/mol. The molecule has 2 aromatic rings. The molecule has 2 atom stereocenters. The largest absolute Gasteiger partial charge is 0.381 e. The molecule has 2 aromatic heterocycles. The monoisotopic (exact) mass is 312 g/mol. The Kier molecular flexibility index (Phi) is 4.55. The fourth-order valence-electron chi connectivity index (χ4n) is 2.91. The van der Waals surface area contributed by atoms with E-state index < -0.39 is 0 Å². The highest BCUT2D eigenvalue weighted by Crippen LogP contribution is 2.28. The average molecular weight is 312 g/mol. The molecule has 1 aliphatic heterocycles. The summed E-state index contributed by atoms with van der Waals surface area (Å²) in [6, 6.07) is 7.76. The molecule has 0 bridgehead atoms. The van der Waals surface area contributed by atoms with Crippen LogP contribution in [-0.2, 0) is 11.8 Å². The molecule has 0 unspecified atom stereocenters. The molecule has 0 aliphatic carbocycles. The first-order valence-electron chi connectivity index (χ1n) is 7.59. The molecule has 0 radical (unpaired) electrons. The predicted molar refractivity (Wildman–Crippen MR) is 85.8 cm³/mol. The van der Waals surface area contributed by atoms with Crippen LogP contribution < -0.4 is 5.32 Å². The van der Waals surface area contributed by atoms with E-state index in [9.17, 15) is 0 Å². The van der Waals surface area contributed by atoms with Crippen molar-refractivity contribution in [1.82, 2.24) is 19.7 Å². The lowest BCUT2D eigenvalue weighted by atomic mass is 10.0. The molecule has 0 aromatic carbocycles. The van der Waals surface area contributed by atoms with Crippen LogP contribution in [0.15, 0.2) is 30.6 Å². The third-order valence-corrected chi connectivity index (χ3v) is 4.15. The lowest BCUT2D eigenvalue weighted by Gasteiger charge is -2.39. The lowest BCUT2D eigenvalue weighted by molar-refractivity contribution is -0.0581. The predicted octanol–water partition coefficient (Wildman–Crippen LogP) is 1.17. The molecule has 3 rings (SSSR count). The summed E-state index contributed by atoms with van der Waals surface area (Å²) in [5.41, 5.74) is 2.43. The van der Waals surface area contributed by atoms with E-state index in [0.717, 1.165) is 17.9 Å². The summed E-state index contributed by atoms with van der Waals surface area (Å²) in [4.78, 5) is 6.37. The van der Waals surface area contributed by atoms with E-state index >= 15 is 0 Å². The SMILES string of the molecule is CN1CCO[C@@H](CNc2ccc(C#N)nc2)[C@@H]1c1ccnn1C. The van der Waals surface area contributed by atoms with Gasteiger partial charge in [-0.05, 0) is 25.2 Å². The molecule has 1 saturated heterocycles. The maximum Gasteiger partial charge on any atom is 0.140 e. The number of rotatable bonds is 4. The summed E-state index contributed by atoms with van der Waals surface area (Å²) in [5, 5.41) is 16.4. The van der Waals surface area contributed by atoms with Crippen LogP contribution in [0.5, 0.6) is 0 Å². The summed E-state index contributed by atoms with van der Waals surface area (Å²) >= 11 is 0. The number of nitrogens with zero attached hydrogens (tertiary/aromatic N) is 5. The fraction of sp³-hybridized carbons (Fsp3) is 0.438. The number of pyridine rings is 1. The van der Waals surface area contributed by atoms with Gasteiger partial charge < -0.3 is 10.1 Å². The van der Waals surface area contributed by atoms with Gasteiger partial charge in [0, 0.05) is 26.3 Å². The van der Waals surface area contributed by atoms with E-state index in [1.807, 2.05) is 36.1 Å². The number of nitrogens with one attached hydrogen (secondary N) is 1. The number of aromatic nitrogens is 3. The Morgan fingerprint density at radius 1 is 1.39 bits per heavy atom. The second kappa shape index (κ2) is 6.77. The number of likely N-dealkylation sites (N-methyl/N-ethyl adjacent to an activating group) is 1. The molecule has 120 valence electrons. The molecular formula is C16H20N6O. The van der Waals surface area contributed by atoms with Gasteiger partial charge in [-0.3, -0.25) is 9.58 Å². The Balaban J connectivity index is 1.71. The van der Waals surface area contributed by atoms with Gasteiger partial charge in [-0.25, -0.2) is 4.98 Å². The first-order chi connectivity index (χ1) is 11.2. The van der Waals surface area contributed by atoms with Crippen molar-refractivity contribution in [3.63, 3.8) is 0 Å². The molecule has 7 heteroatoms. The number of hydrogen-bond donors (Lipinski definition) is 1. The Morgan fingerprint density at radius 2 is 2.26 bits per heavy atom. The van der Waals surface area contributed by atoms with Gasteiger partial charge >= 0.3 is 0 Å². The van der Waals surface area contributed by atoms with Gasteiger partial charge in [-0.15, -0.1) is 0 Å². The highest BCUT2D eigenvalue weighted by molar-refractivity contribution is 5.42.